The molecule has 0 bridgehead atoms. The van der Waals surface area contributed by atoms with Gasteiger partial charge in [-0.25, -0.2) is 9.07 Å². The number of rotatable bonds is 8. The smallest absolute Gasteiger partial charge is 0.278 e. The lowest BCUT2D eigenvalue weighted by Crippen LogP contribution is -2.15. The summed E-state index contributed by atoms with van der Waals surface area (Å²) in [6, 6.07) is 9.34. The first-order valence-corrected chi connectivity index (χ1v) is 9.82. The molecule has 1 aromatic heterocycles. The zero-order valence-electron chi connectivity index (χ0n) is 16.9. The van der Waals surface area contributed by atoms with Crippen LogP contribution in [0.5, 0.6) is 11.5 Å². The molecule has 0 fully saturated rings. The molecule has 7 nitrogen and oxygen atoms in total. The zero-order chi connectivity index (χ0) is 21.7. The van der Waals surface area contributed by atoms with Crippen LogP contribution in [0.1, 0.15) is 35.9 Å². The molecule has 0 atom stereocenters. The van der Waals surface area contributed by atoms with Gasteiger partial charge in [0.15, 0.2) is 5.69 Å². The third-order valence-electron chi connectivity index (χ3n) is 4.45. The number of ether oxygens (including phenoxy) is 2. The standard InChI is InChI=1S/C21H22ClFN4O3/c1-4-5-10-30-19-9-7-15(29-3)12-18(19)24-21(28)20-13(2)27(26-25-20)14-6-8-17(23)16(22)11-14/h6-9,11-12H,4-5,10H2,1-3H3,(H,24,28). The molecule has 0 aliphatic carbocycles. The maximum Gasteiger partial charge on any atom is 0.278 e. The fourth-order valence-electron chi connectivity index (χ4n) is 2.77. The maximum atomic E-state index is 13.4. The summed E-state index contributed by atoms with van der Waals surface area (Å²) in [5.41, 5.74) is 1.56. The van der Waals surface area contributed by atoms with Crippen molar-refractivity contribution in [2.75, 3.05) is 19.0 Å². The molecular weight excluding hydrogens is 411 g/mol. The SMILES string of the molecule is CCCCOc1ccc(OC)cc1NC(=O)c1nnn(-c2ccc(F)c(Cl)c2)c1C. The van der Waals surface area contributed by atoms with Crippen LogP contribution in [-0.4, -0.2) is 34.6 Å². The highest BCUT2D eigenvalue weighted by Crippen LogP contribution is 2.30. The van der Waals surface area contributed by atoms with Crippen LogP contribution in [0.15, 0.2) is 36.4 Å². The molecule has 9 heteroatoms. The van der Waals surface area contributed by atoms with Crippen molar-refractivity contribution < 1.29 is 18.7 Å². The fourth-order valence-corrected chi connectivity index (χ4v) is 2.94. The van der Waals surface area contributed by atoms with E-state index in [0.717, 1.165) is 12.8 Å². The molecule has 3 rings (SSSR count). The highest BCUT2D eigenvalue weighted by Gasteiger charge is 2.20. The van der Waals surface area contributed by atoms with E-state index in [1.807, 2.05) is 0 Å². The van der Waals surface area contributed by atoms with Crippen LogP contribution >= 0.6 is 11.6 Å². The summed E-state index contributed by atoms with van der Waals surface area (Å²) in [5, 5.41) is 10.8. The van der Waals surface area contributed by atoms with E-state index in [0.29, 0.717) is 35.2 Å². The Balaban J connectivity index is 1.86. The van der Waals surface area contributed by atoms with Crippen LogP contribution in [0.25, 0.3) is 5.69 Å². The molecule has 0 saturated heterocycles. The van der Waals surface area contributed by atoms with Gasteiger partial charge in [0.1, 0.15) is 17.3 Å². The van der Waals surface area contributed by atoms with Crippen molar-refractivity contribution in [3.63, 3.8) is 0 Å². The Morgan fingerprint density at radius 1 is 1.27 bits per heavy atom. The predicted octanol–water partition coefficient (Wildman–Crippen LogP) is 4.81. The van der Waals surface area contributed by atoms with Crippen LogP contribution in [0.4, 0.5) is 10.1 Å². The van der Waals surface area contributed by atoms with E-state index in [-0.39, 0.29) is 10.7 Å². The highest BCUT2D eigenvalue weighted by molar-refractivity contribution is 6.30. The Kier molecular flexibility index (Phi) is 6.89. The number of carbonyl (C=O) groups excluding carboxylic acids is 1. The van der Waals surface area contributed by atoms with E-state index in [9.17, 15) is 9.18 Å². The number of anilines is 1. The Bertz CT molecular complexity index is 1050. The van der Waals surface area contributed by atoms with E-state index in [1.54, 1.807) is 32.2 Å². The molecular formula is C21H22ClFN4O3. The second-order valence-electron chi connectivity index (χ2n) is 6.55. The molecule has 0 radical (unpaired) electrons. The van der Waals surface area contributed by atoms with Gasteiger partial charge in [0, 0.05) is 6.07 Å². The van der Waals surface area contributed by atoms with E-state index < -0.39 is 11.7 Å². The number of methoxy groups -OCH3 is 1. The molecule has 3 aromatic rings. The first kappa shape index (κ1) is 21.6. The Morgan fingerprint density at radius 2 is 2.07 bits per heavy atom. The van der Waals surface area contributed by atoms with Gasteiger partial charge in [-0.3, -0.25) is 4.79 Å². The molecule has 0 aliphatic rings. The van der Waals surface area contributed by atoms with Gasteiger partial charge in [-0.2, -0.15) is 0 Å². The Morgan fingerprint density at radius 3 is 2.77 bits per heavy atom. The Hall–Kier alpha value is -3.13. The number of carbonyl (C=O) groups is 1. The number of unbranched alkanes of at least 4 members (excludes halogenated alkanes) is 1. The first-order valence-electron chi connectivity index (χ1n) is 9.44. The van der Waals surface area contributed by atoms with Gasteiger partial charge in [-0.15, -0.1) is 5.10 Å². The monoisotopic (exact) mass is 432 g/mol. The van der Waals surface area contributed by atoms with E-state index in [4.69, 9.17) is 21.1 Å². The van der Waals surface area contributed by atoms with Gasteiger partial charge in [0.25, 0.3) is 5.91 Å². The van der Waals surface area contributed by atoms with E-state index in [2.05, 4.69) is 22.6 Å². The van der Waals surface area contributed by atoms with Crippen molar-refractivity contribution in [2.24, 2.45) is 0 Å². The van der Waals surface area contributed by atoms with Gasteiger partial charge >= 0.3 is 0 Å². The van der Waals surface area contributed by atoms with E-state index >= 15 is 0 Å². The number of halogens is 2. The van der Waals surface area contributed by atoms with Crippen LogP contribution in [-0.2, 0) is 0 Å². The molecule has 2 aromatic carbocycles. The number of aromatic nitrogens is 3. The first-order chi connectivity index (χ1) is 14.4. The summed E-state index contributed by atoms with van der Waals surface area (Å²) < 4.78 is 25.9. The molecule has 1 heterocycles. The van der Waals surface area contributed by atoms with Gasteiger partial charge in [-0.1, -0.05) is 30.2 Å². The average Bonchev–Trinajstić information content (AvgIpc) is 3.12. The second kappa shape index (κ2) is 9.58. The summed E-state index contributed by atoms with van der Waals surface area (Å²) in [6.07, 6.45) is 1.89. The molecule has 0 saturated carbocycles. The van der Waals surface area contributed by atoms with Crippen molar-refractivity contribution in [1.29, 1.82) is 0 Å². The number of benzene rings is 2. The van der Waals surface area contributed by atoms with Crippen LogP contribution in [0.2, 0.25) is 5.02 Å². The summed E-state index contributed by atoms with van der Waals surface area (Å²) in [6.45, 7) is 4.29. The minimum absolute atomic E-state index is 0.0429. The van der Waals surface area contributed by atoms with Gasteiger partial charge in [-0.05, 0) is 43.7 Å². The Labute approximate surface area is 178 Å². The summed E-state index contributed by atoms with van der Waals surface area (Å²) >= 11 is 5.85. The highest BCUT2D eigenvalue weighted by atomic mass is 35.5. The minimum Gasteiger partial charge on any atom is -0.497 e. The third kappa shape index (κ3) is 4.71. The summed E-state index contributed by atoms with van der Waals surface area (Å²) in [7, 11) is 1.54. The summed E-state index contributed by atoms with van der Waals surface area (Å²) in [4.78, 5) is 12.9. The number of nitrogens with one attached hydrogen (secondary N) is 1. The fraction of sp³-hybridized carbons (Fsp3) is 0.286. The number of amides is 1. The van der Waals surface area contributed by atoms with Crippen molar-refractivity contribution in [3.8, 4) is 17.2 Å². The lowest BCUT2D eigenvalue weighted by Gasteiger charge is -2.13. The quantitative estimate of drug-likeness (QED) is 0.517. The lowest BCUT2D eigenvalue weighted by atomic mass is 10.2. The van der Waals surface area contributed by atoms with Gasteiger partial charge < -0.3 is 14.8 Å². The van der Waals surface area contributed by atoms with Crippen molar-refractivity contribution in [2.45, 2.75) is 26.7 Å². The molecule has 1 amide bonds. The third-order valence-corrected chi connectivity index (χ3v) is 4.74. The average molecular weight is 433 g/mol. The van der Waals surface area contributed by atoms with Gasteiger partial charge in [0.2, 0.25) is 0 Å². The molecule has 0 unspecified atom stereocenters. The molecule has 0 aliphatic heterocycles. The molecule has 0 spiro atoms. The topological polar surface area (TPSA) is 78.3 Å². The minimum atomic E-state index is -0.537. The molecule has 158 valence electrons. The maximum absolute atomic E-state index is 13.4. The van der Waals surface area contributed by atoms with Crippen molar-refractivity contribution in [1.82, 2.24) is 15.0 Å². The number of nitrogens with zero attached hydrogens (tertiary/aromatic N) is 3. The van der Waals surface area contributed by atoms with Gasteiger partial charge in [0.05, 0.1) is 35.8 Å². The summed E-state index contributed by atoms with van der Waals surface area (Å²) in [5.74, 6) is 0.118. The van der Waals surface area contributed by atoms with E-state index in [1.165, 1.54) is 22.9 Å². The van der Waals surface area contributed by atoms with Crippen LogP contribution in [0.3, 0.4) is 0 Å². The normalized spacial score (nSPS) is 10.7. The van der Waals surface area contributed by atoms with Crippen molar-refractivity contribution >= 4 is 23.2 Å². The zero-order valence-corrected chi connectivity index (χ0v) is 17.7. The van der Waals surface area contributed by atoms with Crippen molar-refractivity contribution in [3.05, 3.63) is 58.6 Å². The largest absolute Gasteiger partial charge is 0.497 e. The van der Waals surface area contributed by atoms with Crippen LogP contribution < -0.4 is 14.8 Å². The second-order valence-corrected chi connectivity index (χ2v) is 6.96. The number of hydrogen-bond donors (Lipinski definition) is 1. The molecule has 1 N–H and O–H groups in total. The van der Waals surface area contributed by atoms with Crippen LogP contribution in [0, 0.1) is 12.7 Å². The predicted molar refractivity (Wildman–Crippen MR) is 112 cm³/mol. The molecule has 30 heavy (non-hydrogen) atoms. The number of hydrogen-bond acceptors (Lipinski definition) is 5. The lowest BCUT2D eigenvalue weighted by molar-refractivity contribution is 0.102.